The number of carbonyl (C=O) groups excluding carboxylic acids is 4. The van der Waals surface area contributed by atoms with Gasteiger partial charge in [-0.15, -0.1) is 0 Å². The van der Waals surface area contributed by atoms with Crippen molar-refractivity contribution in [3.8, 4) is 0 Å². The number of ether oxygens (including phenoxy) is 2. The third-order valence-electron chi connectivity index (χ3n) is 5.03. The van der Waals surface area contributed by atoms with Gasteiger partial charge < -0.3 is 14.4 Å². The lowest BCUT2D eigenvalue weighted by Crippen LogP contribution is -2.61. The number of carbonyl (C=O) groups is 4. The van der Waals surface area contributed by atoms with E-state index in [0.29, 0.717) is 11.1 Å². The lowest BCUT2D eigenvalue weighted by Gasteiger charge is -2.42. The summed E-state index contributed by atoms with van der Waals surface area (Å²) >= 11 is 0. The Morgan fingerprint density at radius 3 is 1.88 bits per heavy atom. The van der Waals surface area contributed by atoms with Crippen molar-refractivity contribution in [3.05, 3.63) is 35.4 Å². The van der Waals surface area contributed by atoms with Gasteiger partial charge in [0.2, 0.25) is 0 Å². The van der Waals surface area contributed by atoms with Gasteiger partial charge in [-0.05, 0) is 53.7 Å². The number of rotatable bonds is 2. The molecule has 0 radical (unpaired) electrons. The minimum Gasteiger partial charge on any atom is -0.444 e. The van der Waals surface area contributed by atoms with Crippen LogP contribution in [-0.4, -0.2) is 82.1 Å². The summed E-state index contributed by atoms with van der Waals surface area (Å²) in [7, 11) is 0. The van der Waals surface area contributed by atoms with E-state index in [1.165, 1.54) is 9.80 Å². The minimum atomic E-state index is -0.709. The van der Waals surface area contributed by atoms with Crippen molar-refractivity contribution in [2.45, 2.75) is 58.8 Å². The second-order valence-electron chi connectivity index (χ2n) is 10.0. The smallest absolute Gasteiger partial charge is 0.410 e. The number of fused-ring (bicyclic) bond motifs is 1. The molecule has 9 nitrogen and oxygen atoms in total. The number of piperazine rings is 1. The van der Waals surface area contributed by atoms with Crippen LogP contribution in [0, 0.1) is 0 Å². The van der Waals surface area contributed by atoms with Gasteiger partial charge in [-0.1, -0.05) is 12.1 Å². The van der Waals surface area contributed by atoms with Gasteiger partial charge in [0, 0.05) is 19.6 Å². The zero-order chi connectivity index (χ0) is 23.8. The molecule has 32 heavy (non-hydrogen) atoms. The number of amides is 4. The second-order valence-corrected chi connectivity index (χ2v) is 10.0. The molecule has 0 saturated carbocycles. The van der Waals surface area contributed by atoms with E-state index >= 15 is 0 Å². The molecule has 2 heterocycles. The average molecular weight is 446 g/mol. The maximum absolute atomic E-state index is 12.9. The van der Waals surface area contributed by atoms with Crippen LogP contribution in [0.1, 0.15) is 62.3 Å². The lowest BCUT2D eigenvalue weighted by molar-refractivity contribution is -0.0179. The van der Waals surface area contributed by atoms with Crippen molar-refractivity contribution in [3.63, 3.8) is 0 Å². The molecule has 174 valence electrons. The fraction of sp³-hybridized carbons (Fsp3) is 0.565. The van der Waals surface area contributed by atoms with Gasteiger partial charge >= 0.3 is 12.2 Å². The predicted molar refractivity (Wildman–Crippen MR) is 116 cm³/mol. The Morgan fingerprint density at radius 2 is 1.38 bits per heavy atom. The van der Waals surface area contributed by atoms with E-state index in [1.54, 1.807) is 65.8 Å². The molecule has 1 unspecified atom stereocenters. The third-order valence-corrected chi connectivity index (χ3v) is 5.03. The van der Waals surface area contributed by atoms with E-state index in [-0.39, 0.29) is 26.2 Å². The van der Waals surface area contributed by atoms with Crippen LogP contribution in [0.3, 0.4) is 0 Å². The number of benzene rings is 1. The van der Waals surface area contributed by atoms with E-state index in [0.717, 1.165) is 4.90 Å². The van der Waals surface area contributed by atoms with Gasteiger partial charge in [0.15, 0.2) is 0 Å². The first kappa shape index (κ1) is 23.6. The SMILES string of the molecule is CC(C)(C)OC(=O)N1CCN(C(=O)OC(C)(C)C)C(CN2C(=O)c3ccccc3C2=O)C1. The number of hydrogen-bond donors (Lipinski definition) is 0. The van der Waals surface area contributed by atoms with E-state index in [4.69, 9.17) is 9.47 Å². The Hall–Kier alpha value is -3.10. The Balaban J connectivity index is 1.82. The topological polar surface area (TPSA) is 96.5 Å². The van der Waals surface area contributed by atoms with Crippen LogP contribution in [0.2, 0.25) is 0 Å². The van der Waals surface area contributed by atoms with Crippen LogP contribution in [0.5, 0.6) is 0 Å². The maximum atomic E-state index is 12.9. The molecule has 1 atom stereocenters. The zero-order valence-corrected chi connectivity index (χ0v) is 19.5. The summed E-state index contributed by atoms with van der Waals surface area (Å²) < 4.78 is 11.0. The quantitative estimate of drug-likeness (QED) is 0.649. The van der Waals surface area contributed by atoms with Gasteiger partial charge in [-0.2, -0.15) is 0 Å². The molecule has 1 fully saturated rings. The van der Waals surface area contributed by atoms with Crippen molar-refractivity contribution in [1.82, 2.24) is 14.7 Å². The Morgan fingerprint density at radius 1 is 0.875 bits per heavy atom. The lowest BCUT2D eigenvalue weighted by atomic mass is 10.1. The highest BCUT2D eigenvalue weighted by molar-refractivity contribution is 6.21. The molecular formula is C23H31N3O6. The number of imide groups is 1. The fourth-order valence-electron chi connectivity index (χ4n) is 3.68. The van der Waals surface area contributed by atoms with Gasteiger partial charge in [-0.25, -0.2) is 9.59 Å². The molecule has 1 saturated heterocycles. The van der Waals surface area contributed by atoms with Crippen LogP contribution in [0.15, 0.2) is 24.3 Å². The van der Waals surface area contributed by atoms with Crippen molar-refractivity contribution < 1.29 is 28.7 Å². The van der Waals surface area contributed by atoms with E-state index in [1.807, 2.05) is 0 Å². The summed E-state index contributed by atoms with van der Waals surface area (Å²) in [5, 5.41) is 0. The summed E-state index contributed by atoms with van der Waals surface area (Å²) in [6.07, 6.45) is -1.06. The van der Waals surface area contributed by atoms with Gasteiger partial charge in [-0.3, -0.25) is 19.4 Å². The molecule has 0 aromatic heterocycles. The molecule has 0 aliphatic carbocycles. The van der Waals surface area contributed by atoms with Crippen molar-refractivity contribution in [2.75, 3.05) is 26.2 Å². The average Bonchev–Trinajstić information content (AvgIpc) is 2.90. The molecule has 4 amide bonds. The molecular weight excluding hydrogens is 414 g/mol. The van der Waals surface area contributed by atoms with E-state index in [9.17, 15) is 19.2 Å². The van der Waals surface area contributed by atoms with Crippen LogP contribution in [0.25, 0.3) is 0 Å². The molecule has 2 aliphatic rings. The minimum absolute atomic E-state index is 0.0507. The first-order valence-corrected chi connectivity index (χ1v) is 10.7. The molecule has 0 bridgehead atoms. The van der Waals surface area contributed by atoms with Crippen LogP contribution in [-0.2, 0) is 9.47 Å². The van der Waals surface area contributed by atoms with Crippen molar-refractivity contribution in [1.29, 1.82) is 0 Å². The Labute approximate surface area is 188 Å². The zero-order valence-electron chi connectivity index (χ0n) is 19.5. The van der Waals surface area contributed by atoms with Crippen LogP contribution < -0.4 is 0 Å². The largest absolute Gasteiger partial charge is 0.444 e. The first-order valence-electron chi connectivity index (χ1n) is 10.7. The van der Waals surface area contributed by atoms with Crippen molar-refractivity contribution >= 4 is 24.0 Å². The summed E-state index contributed by atoms with van der Waals surface area (Å²) in [6, 6.07) is 5.98. The monoisotopic (exact) mass is 445 g/mol. The van der Waals surface area contributed by atoms with Gasteiger partial charge in [0.1, 0.15) is 11.2 Å². The third kappa shape index (κ3) is 5.20. The van der Waals surface area contributed by atoms with Crippen LogP contribution in [0.4, 0.5) is 9.59 Å². The molecule has 1 aromatic carbocycles. The molecule has 0 spiro atoms. The summed E-state index contributed by atoms with van der Waals surface area (Å²) in [5.41, 5.74) is -0.709. The number of hydrogen-bond acceptors (Lipinski definition) is 6. The molecule has 9 heteroatoms. The molecule has 2 aliphatic heterocycles. The Bertz CT molecular complexity index is 895. The summed E-state index contributed by atoms with van der Waals surface area (Å²) in [5.74, 6) is -0.826. The van der Waals surface area contributed by atoms with Crippen LogP contribution >= 0.6 is 0 Å². The Kier molecular flexibility index (Phi) is 6.22. The fourth-order valence-corrected chi connectivity index (χ4v) is 3.68. The first-order chi connectivity index (χ1) is 14.8. The second kappa shape index (κ2) is 8.44. The summed E-state index contributed by atoms with van der Waals surface area (Å²) in [4.78, 5) is 55.3. The van der Waals surface area contributed by atoms with Gasteiger partial charge in [0.25, 0.3) is 11.8 Å². The maximum Gasteiger partial charge on any atom is 0.410 e. The highest BCUT2D eigenvalue weighted by Crippen LogP contribution is 2.25. The van der Waals surface area contributed by atoms with E-state index < -0.39 is 41.2 Å². The standard InChI is InChI=1S/C23H31N3O6/c1-22(2,3)31-20(29)24-11-12-25(21(30)32-23(4,5)6)15(13-24)14-26-18(27)16-9-7-8-10-17(16)19(26)28/h7-10,15H,11-14H2,1-6H3. The number of nitrogens with zero attached hydrogens (tertiary/aromatic N) is 3. The highest BCUT2D eigenvalue weighted by Gasteiger charge is 2.42. The van der Waals surface area contributed by atoms with E-state index in [2.05, 4.69) is 0 Å². The van der Waals surface area contributed by atoms with Crippen molar-refractivity contribution in [2.24, 2.45) is 0 Å². The normalized spacial score (nSPS) is 19.2. The molecule has 1 aromatic rings. The summed E-state index contributed by atoms with van der Waals surface area (Å²) in [6.45, 7) is 11.1. The molecule has 3 rings (SSSR count). The molecule has 0 N–H and O–H groups in total. The van der Waals surface area contributed by atoms with Gasteiger partial charge in [0.05, 0.1) is 23.7 Å². The predicted octanol–water partition coefficient (Wildman–Crippen LogP) is 3.14. The highest BCUT2D eigenvalue weighted by atomic mass is 16.6.